The third kappa shape index (κ3) is 9.78. The van der Waals surface area contributed by atoms with Crippen LogP contribution in [0.25, 0.3) is 0 Å². The number of hydrogen-bond donors (Lipinski definition) is 2. The Morgan fingerprint density at radius 2 is 1.83 bits per heavy atom. The van der Waals surface area contributed by atoms with Gasteiger partial charge >= 0.3 is 11.9 Å². The molecule has 3 heterocycles. The fourth-order valence-electron chi connectivity index (χ4n) is 4.70. The van der Waals surface area contributed by atoms with Crippen LogP contribution in [0.5, 0.6) is 0 Å². The highest BCUT2D eigenvalue weighted by atomic mass is 32.2. The van der Waals surface area contributed by atoms with E-state index >= 15 is 0 Å². The van der Waals surface area contributed by atoms with Crippen LogP contribution in [0.1, 0.15) is 79.3 Å². The Kier molecular flexibility index (Phi) is 12.2. The molecule has 1 aliphatic heterocycles. The number of carbonyl (C=O) groups excluding carboxylic acids is 3. The molecule has 1 saturated heterocycles. The molecular formula is C28H40N4O6S3. The molecule has 10 nitrogen and oxygen atoms in total. The minimum Gasteiger partial charge on any atom is -0.481 e. The molecule has 4 atom stereocenters. The van der Waals surface area contributed by atoms with Crippen LogP contribution < -0.4 is 5.32 Å². The highest BCUT2D eigenvalue weighted by Gasteiger charge is 2.32. The SMILES string of the molecule is CC(=O)OC(CC(C(C)C)N(C)C(=O)CC1CSC1)c1nc(C(=O)N[C@@H](Cc2nc(C)cs2)C[C@H](C)C(=O)O)cs1. The van der Waals surface area contributed by atoms with Gasteiger partial charge in [0.1, 0.15) is 10.7 Å². The molecule has 0 aliphatic carbocycles. The number of ether oxygens (including phenoxy) is 1. The van der Waals surface area contributed by atoms with Gasteiger partial charge in [-0.15, -0.1) is 22.7 Å². The van der Waals surface area contributed by atoms with Gasteiger partial charge in [-0.25, -0.2) is 9.97 Å². The maximum Gasteiger partial charge on any atom is 0.306 e. The van der Waals surface area contributed by atoms with Gasteiger partial charge in [-0.05, 0) is 36.7 Å². The monoisotopic (exact) mass is 624 g/mol. The van der Waals surface area contributed by atoms with Crippen LogP contribution >= 0.6 is 34.4 Å². The fraction of sp³-hybridized carbons (Fsp3) is 0.643. The summed E-state index contributed by atoms with van der Waals surface area (Å²) < 4.78 is 5.66. The number of carboxylic acids is 1. The maximum absolute atomic E-state index is 13.2. The zero-order valence-electron chi connectivity index (χ0n) is 24.4. The van der Waals surface area contributed by atoms with Crippen molar-refractivity contribution in [1.82, 2.24) is 20.2 Å². The molecule has 1 aliphatic rings. The average Bonchev–Trinajstić information content (AvgIpc) is 3.52. The van der Waals surface area contributed by atoms with Crippen LogP contribution in [0.2, 0.25) is 0 Å². The lowest BCUT2D eigenvalue weighted by molar-refractivity contribution is -0.148. The van der Waals surface area contributed by atoms with Gasteiger partial charge < -0.3 is 20.1 Å². The molecule has 3 rings (SSSR count). The van der Waals surface area contributed by atoms with Crippen molar-refractivity contribution < 1.29 is 29.0 Å². The first-order valence-corrected chi connectivity index (χ1v) is 16.7. The van der Waals surface area contributed by atoms with Gasteiger partial charge in [0, 0.05) is 61.8 Å². The Morgan fingerprint density at radius 3 is 2.37 bits per heavy atom. The highest BCUT2D eigenvalue weighted by molar-refractivity contribution is 8.00. The normalized spacial score (nSPS) is 16.4. The van der Waals surface area contributed by atoms with Crippen LogP contribution in [-0.2, 0) is 25.5 Å². The van der Waals surface area contributed by atoms with E-state index in [2.05, 4.69) is 15.3 Å². The van der Waals surface area contributed by atoms with Crippen LogP contribution in [0.15, 0.2) is 10.8 Å². The third-order valence-electron chi connectivity index (χ3n) is 7.11. The maximum atomic E-state index is 13.2. The first-order chi connectivity index (χ1) is 19.3. The Hall–Kier alpha value is -2.51. The number of carbonyl (C=O) groups is 4. The summed E-state index contributed by atoms with van der Waals surface area (Å²) in [6.07, 6.45) is 0.792. The zero-order valence-corrected chi connectivity index (χ0v) is 26.9. The Balaban J connectivity index is 1.74. The van der Waals surface area contributed by atoms with Gasteiger partial charge in [0.05, 0.1) is 10.9 Å². The molecule has 2 aromatic rings. The van der Waals surface area contributed by atoms with E-state index in [9.17, 15) is 24.3 Å². The van der Waals surface area contributed by atoms with Gasteiger partial charge in [0.25, 0.3) is 5.91 Å². The number of carboxylic acid groups (broad SMARTS) is 1. The van der Waals surface area contributed by atoms with E-state index in [4.69, 9.17) is 4.74 Å². The van der Waals surface area contributed by atoms with E-state index in [1.54, 1.807) is 24.3 Å². The van der Waals surface area contributed by atoms with E-state index in [0.29, 0.717) is 30.2 Å². The Bertz CT molecular complexity index is 1210. The lowest BCUT2D eigenvalue weighted by Crippen LogP contribution is -2.43. The van der Waals surface area contributed by atoms with Crippen LogP contribution in [0, 0.1) is 24.7 Å². The van der Waals surface area contributed by atoms with Crippen molar-refractivity contribution in [2.75, 3.05) is 18.6 Å². The molecule has 0 bridgehead atoms. The second-order valence-electron chi connectivity index (χ2n) is 11.1. The van der Waals surface area contributed by atoms with Crippen molar-refractivity contribution in [2.24, 2.45) is 17.8 Å². The summed E-state index contributed by atoms with van der Waals surface area (Å²) in [5.41, 5.74) is 1.04. The Morgan fingerprint density at radius 1 is 1.12 bits per heavy atom. The first-order valence-electron chi connectivity index (χ1n) is 13.7. The van der Waals surface area contributed by atoms with Crippen molar-refractivity contribution in [1.29, 1.82) is 0 Å². The standard InChI is InChI=1S/C28H40N4O6S3/c1-15(2)22(32(6)25(34)8-19-12-39-13-19)10-23(38-18(5)33)27-31-21(14-41-27)26(35)30-20(7-16(3)28(36)37)9-24-29-17(4)11-40-24/h11,14-16,19-20,22-23H,7-10,12-13H2,1-6H3,(H,30,35)(H,36,37)/t16-,20+,22?,23?/m0/s1. The molecule has 0 spiro atoms. The summed E-state index contributed by atoms with van der Waals surface area (Å²) >= 11 is 4.53. The molecule has 2 unspecified atom stereocenters. The van der Waals surface area contributed by atoms with E-state index in [1.807, 2.05) is 37.9 Å². The number of amides is 2. The number of nitrogens with one attached hydrogen (secondary N) is 1. The third-order valence-corrected chi connectivity index (χ3v) is 10.4. The number of esters is 1. The molecule has 0 aromatic carbocycles. The first kappa shape index (κ1) is 33.0. The number of aryl methyl sites for hydroxylation is 1. The van der Waals surface area contributed by atoms with Crippen molar-refractivity contribution in [3.05, 3.63) is 32.2 Å². The minimum absolute atomic E-state index is 0.0758. The molecule has 2 amide bonds. The second-order valence-corrected chi connectivity index (χ2v) is 14.0. The van der Waals surface area contributed by atoms with Crippen molar-refractivity contribution in [3.8, 4) is 0 Å². The molecule has 13 heteroatoms. The van der Waals surface area contributed by atoms with Crippen LogP contribution in [0.3, 0.4) is 0 Å². The lowest BCUT2D eigenvalue weighted by atomic mass is 9.95. The minimum atomic E-state index is -0.936. The molecule has 1 fully saturated rings. The number of rotatable bonds is 15. The van der Waals surface area contributed by atoms with E-state index < -0.39 is 35.9 Å². The van der Waals surface area contributed by atoms with Gasteiger partial charge in [-0.3, -0.25) is 19.2 Å². The zero-order chi connectivity index (χ0) is 30.3. The molecule has 226 valence electrons. The number of aromatic nitrogens is 2. The largest absolute Gasteiger partial charge is 0.481 e. The van der Waals surface area contributed by atoms with Crippen molar-refractivity contribution >= 4 is 58.2 Å². The van der Waals surface area contributed by atoms with Crippen molar-refractivity contribution in [2.45, 2.75) is 78.5 Å². The number of thioether (sulfide) groups is 1. The number of aliphatic carboxylic acids is 1. The van der Waals surface area contributed by atoms with Gasteiger partial charge in [0.2, 0.25) is 5.91 Å². The molecule has 41 heavy (non-hydrogen) atoms. The summed E-state index contributed by atoms with van der Waals surface area (Å²) in [4.78, 5) is 60.5. The van der Waals surface area contributed by atoms with Crippen LogP contribution in [0.4, 0.5) is 0 Å². The molecule has 0 radical (unpaired) electrons. The number of nitrogens with zero attached hydrogens (tertiary/aromatic N) is 3. The predicted octanol–water partition coefficient (Wildman–Crippen LogP) is 4.59. The van der Waals surface area contributed by atoms with E-state index in [0.717, 1.165) is 22.2 Å². The lowest BCUT2D eigenvalue weighted by Gasteiger charge is -2.35. The second kappa shape index (κ2) is 15.1. The summed E-state index contributed by atoms with van der Waals surface area (Å²) in [5, 5.41) is 17.2. The molecule has 0 saturated carbocycles. The molecule has 2 aromatic heterocycles. The summed E-state index contributed by atoms with van der Waals surface area (Å²) in [5.74, 6) is 0.104. The molecule has 2 N–H and O–H groups in total. The average molecular weight is 625 g/mol. The summed E-state index contributed by atoms with van der Waals surface area (Å²) in [6.45, 7) is 8.88. The number of hydrogen-bond acceptors (Lipinski definition) is 10. The topological polar surface area (TPSA) is 139 Å². The fourth-order valence-corrected chi connectivity index (χ4v) is 7.20. The van der Waals surface area contributed by atoms with Crippen LogP contribution in [-0.4, -0.2) is 74.4 Å². The van der Waals surface area contributed by atoms with E-state index in [-0.39, 0.29) is 30.0 Å². The molecular weight excluding hydrogens is 585 g/mol. The smallest absolute Gasteiger partial charge is 0.306 e. The quantitative estimate of drug-likeness (QED) is 0.272. The van der Waals surface area contributed by atoms with Gasteiger partial charge in [0.15, 0.2) is 6.10 Å². The van der Waals surface area contributed by atoms with Gasteiger partial charge in [-0.1, -0.05) is 20.8 Å². The predicted molar refractivity (Wildman–Crippen MR) is 161 cm³/mol. The van der Waals surface area contributed by atoms with E-state index in [1.165, 1.54) is 29.6 Å². The Labute approximate surface area is 253 Å². The highest BCUT2D eigenvalue weighted by Crippen LogP contribution is 2.32. The summed E-state index contributed by atoms with van der Waals surface area (Å²) in [7, 11) is 1.80. The summed E-state index contributed by atoms with van der Waals surface area (Å²) in [6, 6.07) is -0.642. The van der Waals surface area contributed by atoms with Crippen molar-refractivity contribution in [3.63, 3.8) is 0 Å². The van der Waals surface area contributed by atoms with Gasteiger partial charge in [-0.2, -0.15) is 11.8 Å². The number of thiazole rings is 2.